The number of methoxy groups -OCH3 is 1. The topological polar surface area (TPSA) is 64.3 Å². The van der Waals surface area contributed by atoms with Gasteiger partial charge in [-0.15, -0.1) is 0 Å². The number of carboxylic acid groups (broad SMARTS) is 1. The van der Waals surface area contributed by atoms with E-state index in [-0.39, 0.29) is 12.3 Å². The van der Waals surface area contributed by atoms with Crippen LogP contribution in [0.3, 0.4) is 0 Å². The van der Waals surface area contributed by atoms with Crippen molar-refractivity contribution < 1.29 is 14.6 Å². The fraction of sp³-hybridized carbons (Fsp3) is 0.286. The SMILES string of the molecule is COc1ccc(C(CC(=O)O)c2nccn2C)cc1. The van der Waals surface area contributed by atoms with E-state index in [1.165, 1.54) is 0 Å². The molecule has 100 valence electrons. The number of nitrogens with zero attached hydrogens (tertiary/aromatic N) is 2. The quantitative estimate of drug-likeness (QED) is 0.893. The van der Waals surface area contributed by atoms with E-state index in [4.69, 9.17) is 9.84 Å². The van der Waals surface area contributed by atoms with Crippen LogP contribution in [-0.2, 0) is 11.8 Å². The van der Waals surface area contributed by atoms with Crippen molar-refractivity contribution in [3.63, 3.8) is 0 Å². The molecule has 0 aliphatic heterocycles. The summed E-state index contributed by atoms with van der Waals surface area (Å²) in [6.07, 6.45) is 3.50. The Kier molecular flexibility index (Phi) is 3.85. The summed E-state index contributed by atoms with van der Waals surface area (Å²) in [5.74, 6) is 0.387. The number of carbonyl (C=O) groups is 1. The van der Waals surface area contributed by atoms with Crippen molar-refractivity contribution in [1.82, 2.24) is 9.55 Å². The lowest BCUT2D eigenvalue weighted by atomic mass is 9.94. The minimum Gasteiger partial charge on any atom is -0.497 e. The zero-order valence-corrected chi connectivity index (χ0v) is 10.9. The molecule has 5 heteroatoms. The summed E-state index contributed by atoms with van der Waals surface area (Å²) >= 11 is 0. The summed E-state index contributed by atoms with van der Waals surface area (Å²) in [4.78, 5) is 15.3. The summed E-state index contributed by atoms with van der Waals surface area (Å²) in [6, 6.07) is 7.41. The van der Waals surface area contributed by atoms with Gasteiger partial charge < -0.3 is 14.4 Å². The number of hydrogen-bond acceptors (Lipinski definition) is 3. The first-order chi connectivity index (χ1) is 9.11. The number of imidazole rings is 1. The van der Waals surface area contributed by atoms with E-state index in [1.807, 2.05) is 42.1 Å². The number of ether oxygens (including phenoxy) is 1. The molecule has 0 spiro atoms. The van der Waals surface area contributed by atoms with Gasteiger partial charge in [0.15, 0.2) is 0 Å². The van der Waals surface area contributed by atoms with Crippen LogP contribution in [-0.4, -0.2) is 27.7 Å². The zero-order valence-electron chi connectivity index (χ0n) is 10.9. The Morgan fingerprint density at radius 1 is 1.42 bits per heavy atom. The van der Waals surface area contributed by atoms with Crippen molar-refractivity contribution in [2.75, 3.05) is 7.11 Å². The molecule has 2 aromatic rings. The van der Waals surface area contributed by atoms with Crippen molar-refractivity contribution in [3.05, 3.63) is 48.0 Å². The molecule has 5 nitrogen and oxygen atoms in total. The molecule has 1 unspecified atom stereocenters. The molecule has 0 aliphatic rings. The maximum absolute atomic E-state index is 11.1. The second-order valence-electron chi connectivity index (χ2n) is 4.32. The predicted molar refractivity (Wildman–Crippen MR) is 70.3 cm³/mol. The van der Waals surface area contributed by atoms with E-state index in [0.717, 1.165) is 17.1 Å². The third-order valence-electron chi connectivity index (χ3n) is 3.07. The number of aliphatic carboxylic acids is 1. The van der Waals surface area contributed by atoms with E-state index in [1.54, 1.807) is 13.3 Å². The Hall–Kier alpha value is -2.30. The second-order valence-corrected chi connectivity index (χ2v) is 4.32. The van der Waals surface area contributed by atoms with E-state index >= 15 is 0 Å². The van der Waals surface area contributed by atoms with Crippen molar-refractivity contribution in [3.8, 4) is 5.75 Å². The lowest BCUT2D eigenvalue weighted by Gasteiger charge is -2.15. The van der Waals surface area contributed by atoms with Gasteiger partial charge in [0.2, 0.25) is 0 Å². The molecule has 0 bridgehead atoms. The van der Waals surface area contributed by atoms with Crippen molar-refractivity contribution >= 4 is 5.97 Å². The van der Waals surface area contributed by atoms with Gasteiger partial charge in [-0.1, -0.05) is 12.1 Å². The molecule has 0 saturated heterocycles. The summed E-state index contributed by atoms with van der Waals surface area (Å²) in [5.41, 5.74) is 0.914. The van der Waals surface area contributed by atoms with Crippen LogP contribution in [0.4, 0.5) is 0 Å². The minimum atomic E-state index is -0.844. The van der Waals surface area contributed by atoms with Crippen LogP contribution in [0.2, 0.25) is 0 Å². The molecule has 1 heterocycles. The number of carboxylic acids is 1. The lowest BCUT2D eigenvalue weighted by Crippen LogP contribution is -2.12. The van der Waals surface area contributed by atoms with E-state index in [9.17, 15) is 4.79 Å². The van der Waals surface area contributed by atoms with Gasteiger partial charge in [-0.05, 0) is 17.7 Å². The zero-order chi connectivity index (χ0) is 13.8. The monoisotopic (exact) mass is 260 g/mol. The van der Waals surface area contributed by atoms with Gasteiger partial charge in [0.1, 0.15) is 11.6 Å². The van der Waals surface area contributed by atoms with Gasteiger partial charge in [-0.2, -0.15) is 0 Å². The molecular formula is C14H16N2O3. The van der Waals surface area contributed by atoms with Gasteiger partial charge >= 0.3 is 5.97 Å². The number of benzene rings is 1. The molecule has 0 saturated carbocycles. The fourth-order valence-electron chi connectivity index (χ4n) is 2.08. The number of rotatable bonds is 5. The predicted octanol–water partition coefficient (Wildman–Crippen LogP) is 2.04. The maximum Gasteiger partial charge on any atom is 0.304 e. The van der Waals surface area contributed by atoms with Crippen LogP contribution < -0.4 is 4.74 Å². The highest BCUT2D eigenvalue weighted by molar-refractivity contribution is 5.68. The molecular weight excluding hydrogens is 244 g/mol. The van der Waals surface area contributed by atoms with Crippen LogP contribution in [0, 0.1) is 0 Å². The third-order valence-corrected chi connectivity index (χ3v) is 3.07. The van der Waals surface area contributed by atoms with Crippen LogP contribution in [0.15, 0.2) is 36.7 Å². The molecule has 2 rings (SSSR count). The van der Waals surface area contributed by atoms with Gasteiger partial charge in [-0.3, -0.25) is 4.79 Å². The van der Waals surface area contributed by atoms with E-state index < -0.39 is 5.97 Å². The summed E-state index contributed by atoms with van der Waals surface area (Å²) in [5, 5.41) is 9.07. The molecule has 0 aliphatic carbocycles. The van der Waals surface area contributed by atoms with Crippen molar-refractivity contribution in [1.29, 1.82) is 0 Å². The lowest BCUT2D eigenvalue weighted by molar-refractivity contribution is -0.137. The smallest absolute Gasteiger partial charge is 0.304 e. The Morgan fingerprint density at radius 3 is 2.58 bits per heavy atom. The summed E-state index contributed by atoms with van der Waals surface area (Å²) in [7, 11) is 3.46. The van der Waals surface area contributed by atoms with E-state index in [0.29, 0.717) is 0 Å². The van der Waals surface area contributed by atoms with Crippen molar-refractivity contribution in [2.45, 2.75) is 12.3 Å². The number of hydrogen-bond donors (Lipinski definition) is 1. The number of aromatic nitrogens is 2. The highest BCUT2D eigenvalue weighted by atomic mass is 16.5. The normalized spacial score (nSPS) is 12.1. The standard InChI is InChI=1S/C14H16N2O3/c1-16-8-7-15-14(16)12(9-13(17)18)10-3-5-11(19-2)6-4-10/h3-8,12H,9H2,1-2H3,(H,17,18). The largest absolute Gasteiger partial charge is 0.497 e. The Balaban J connectivity index is 2.36. The van der Waals surface area contributed by atoms with Gasteiger partial charge in [0.25, 0.3) is 0 Å². The van der Waals surface area contributed by atoms with Gasteiger partial charge in [0.05, 0.1) is 19.4 Å². The van der Waals surface area contributed by atoms with Crippen LogP contribution in [0.25, 0.3) is 0 Å². The molecule has 1 atom stereocenters. The Labute approximate surface area is 111 Å². The Morgan fingerprint density at radius 2 is 2.11 bits per heavy atom. The first-order valence-electron chi connectivity index (χ1n) is 5.94. The van der Waals surface area contributed by atoms with Crippen LogP contribution in [0.1, 0.15) is 23.7 Å². The minimum absolute atomic E-state index is 0.0111. The molecule has 1 N–H and O–H groups in total. The fourth-order valence-corrected chi connectivity index (χ4v) is 2.08. The first kappa shape index (κ1) is 13.1. The molecule has 1 aromatic carbocycles. The van der Waals surface area contributed by atoms with Gasteiger partial charge in [0, 0.05) is 19.4 Å². The summed E-state index contributed by atoms with van der Waals surface area (Å²) < 4.78 is 6.95. The average Bonchev–Trinajstić information content (AvgIpc) is 2.82. The van der Waals surface area contributed by atoms with Crippen molar-refractivity contribution in [2.24, 2.45) is 7.05 Å². The summed E-state index contributed by atoms with van der Waals surface area (Å²) in [6.45, 7) is 0. The first-order valence-corrected chi connectivity index (χ1v) is 5.94. The van der Waals surface area contributed by atoms with Gasteiger partial charge in [-0.25, -0.2) is 4.98 Å². The average molecular weight is 260 g/mol. The van der Waals surface area contributed by atoms with E-state index in [2.05, 4.69) is 4.98 Å². The Bertz CT molecular complexity index is 560. The highest BCUT2D eigenvalue weighted by Gasteiger charge is 2.21. The molecule has 1 aromatic heterocycles. The third kappa shape index (κ3) is 2.93. The van der Waals surface area contributed by atoms with Crippen LogP contribution >= 0.6 is 0 Å². The molecule has 0 fully saturated rings. The van der Waals surface area contributed by atoms with Crippen LogP contribution in [0.5, 0.6) is 5.75 Å². The second kappa shape index (κ2) is 5.56. The molecule has 19 heavy (non-hydrogen) atoms. The number of aryl methyl sites for hydroxylation is 1. The molecule has 0 amide bonds. The highest BCUT2D eigenvalue weighted by Crippen LogP contribution is 2.28. The maximum atomic E-state index is 11.1. The molecule has 0 radical (unpaired) electrons.